The number of hydrogen-bond acceptors (Lipinski definition) is 5. The average molecular weight is 342 g/mol. The molecule has 0 unspecified atom stereocenters. The fourth-order valence-corrected chi connectivity index (χ4v) is 3.23. The van der Waals surface area contributed by atoms with Crippen LogP contribution in [-0.2, 0) is 6.42 Å². The zero-order chi connectivity index (χ0) is 17.2. The first-order valence-corrected chi connectivity index (χ1v) is 8.91. The van der Waals surface area contributed by atoms with Crippen molar-refractivity contribution in [2.45, 2.75) is 38.1 Å². The molecule has 1 aliphatic heterocycles. The molecule has 1 amide bonds. The normalized spacial score (nSPS) is 15.7. The van der Waals surface area contributed by atoms with Crippen molar-refractivity contribution in [3.63, 3.8) is 0 Å². The molecule has 132 valence electrons. The molecule has 0 atom stereocenters. The fourth-order valence-electron chi connectivity index (χ4n) is 3.23. The molecule has 1 N–H and O–H groups in total. The third-order valence-electron chi connectivity index (χ3n) is 4.76. The number of hydrogen-bond donors (Lipinski definition) is 1. The Morgan fingerprint density at radius 1 is 1.28 bits per heavy atom. The molecular weight excluding hydrogens is 320 g/mol. The van der Waals surface area contributed by atoms with Crippen LogP contribution in [0.5, 0.6) is 5.75 Å². The summed E-state index contributed by atoms with van der Waals surface area (Å²) in [7, 11) is 0. The van der Waals surface area contributed by atoms with Crippen molar-refractivity contribution in [1.82, 2.24) is 10.1 Å². The van der Waals surface area contributed by atoms with E-state index in [0.29, 0.717) is 31.3 Å². The Balaban J connectivity index is 1.50. The number of aliphatic hydroxyl groups is 1. The molecule has 1 aromatic heterocycles. The molecular formula is C19H22N2O4. The lowest BCUT2D eigenvalue weighted by atomic mass is 10.1. The lowest BCUT2D eigenvalue weighted by molar-refractivity contribution is 0.0695. The van der Waals surface area contributed by atoms with Crippen LogP contribution in [0.2, 0.25) is 0 Å². The van der Waals surface area contributed by atoms with Gasteiger partial charge < -0.3 is 19.3 Å². The summed E-state index contributed by atoms with van der Waals surface area (Å²) in [6, 6.07) is 7.96. The van der Waals surface area contributed by atoms with Gasteiger partial charge in [-0.3, -0.25) is 4.79 Å². The lowest BCUT2D eigenvalue weighted by Crippen LogP contribution is -2.33. The summed E-state index contributed by atoms with van der Waals surface area (Å²) in [6.45, 7) is 1.52. The topological polar surface area (TPSA) is 75.8 Å². The minimum absolute atomic E-state index is 0.108. The molecule has 1 aromatic carbocycles. The van der Waals surface area contributed by atoms with E-state index in [1.807, 2.05) is 23.1 Å². The predicted molar refractivity (Wildman–Crippen MR) is 91.5 cm³/mol. The third-order valence-corrected chi connectivity index (χ3v) is 4.76. The number of amides is 1. The maximum Gasteiger partial charge on any atom is 0.292 e. The van der Waals surface area contributed by atoms with Gasteiger partial charge in [0.2, 0.25) is 5.76 Å². The van der Waals surface area contributed by atoms with Gasteiger partial charge in [-0.15, -0.1) is 0 Å². The Kier molecular flexibility index (Phi) is 4.44. The second-order valence-electron chi connectivity index (χ2n) is 6.66. The molecule has 25 heavy (non-hydrogen) atoms. The standard InChI is InChI=1S/C19H22N2O4/c22-9-2-1-8-21(15-4-5-15)19(23)18-12-16(20-25-18)13-3-6-17-14(11-13)7-10-24-17/h3,6,11-12,15,22H,1-2,4-5,7-10H2. The molecule has 2 heterocycles. The molecule has 2 aliphatic rings. The summed E-state index contributed by atoms with van der Waals surface area (Å²) in [5.41, 5.74) is 2.77. The summed E-state index contributed by atoms with van der Waals surface area (Å²) in [6.07, 6.45) is 4.47. The van der Waals surface area contributed by atoms with Crippen LogP contribution in [0.15, 0.2) is 28.8 Å². The first-order chi connectivity index (χ1) is 12.3. The predicted octanol–water partition coefficient (Wildman–Crippen LogP) is 2.65. The zero-order valence-corrected chi connectivity index (χ0v) is 14.1. The van der Waals surface area contributed by atoms with Gasteiger partial charge in [-0.1, -0.05) is 5.16 Å². The van der Waals surface area contributed by atoms with Crippen molar-refractivity contribution in [3.05, 3.63) is 35.6 Å². The number of ether oxygens (including phenoxy) is 1. The van der Waals surface area contributed by atoms with Crippen LogP contribution in [0.1, 0.15) is 41.8 Å². The Morgan fingerprint density at radius 2 is 2.16 bits per heavy atom. The number of aromatic nitrogens is 1. The van der Waals surface area contributed by atoms with E-state index in [4.69, 9.17) is 14.4 Å². The summed E-state index contributed by atoms with van der Waals surface area (Å²) < 4.78 is 10.9. The highest BCUT2D eigenvalue weighted by Crippen LogP contribution is 2.32. The van der Waals surface area contributed by atoms with Crippen LogP contribution in [0.3, 0.4) is 0 Å². The van der Waals surface area contributed by atoms with E-state index in [1.165, 1.54) is 0 Å². The van der Waals surface area contributed by atoms with Crippen molar-refractivity contribution in [2.75, 3.05) is 19.8 Å². The SMILES string of the molecule is O=C(c1cc(-c2ccc3c(c2)CCO3)no1)N(CCCCO)C1CC1. The number of unbranched alkanes of at least 4 members (excludes halogenated alkanes) is 1. The van der Waals surface area contributed by atoms with Crippen LogP contribution in [0.25, 0.3) is 11.3 Å². The summed E-state index contributed by atoms with van der Waals surface area (Å²) in [4.78, 5) is 14.6. The smallest absolute Gasteiger partial charge is 0.292 e. The van der Waals surface area contributed by atoms with Crippen molar-refractivity contribution in [2.24, 2.45) is 0 Å². The van der Waals surface area contributed by atoms with Gasteiger partial charge >= 0.3 is 0 Å². The first kappa shape index (κ1) is 16.1. The first-order valence-electron chi connectivity index (χ1n) is 8.91. The second kappa shape index (κ2) is 6.88. The molecule has 1 fully saturated rings. The number of aliphatic hydroxyl groups excluding tert-OH is 1. The van der Waals surface area contributed by atoms with E-state index in [0.717, 1.165) is 42.6 Å². The largest absolute Gasteiger partial charge is 0.493 e. The molecule has 1 saturated carbocycles. The highest BCUT2D eigenvalue weighted by Gasteiger charge is 2.34. The minimum Gasteiger partial charge on any atom is -0.493 e. The minimum atomic E-state index is -0.108. The quantitative estimate of drug-likeness (QED) is 0.783. The van der Waals surface area contributed by atoms with E-state index in [-0.39, 0.29) is 18.3 Å². The van der Waals surface area contributed by atoms with Crippen molar-refractivity contribution >= 4 is 5.91 Å². The maximum atomic E-state index is 12.8. The third kappa shape index (κ3) is 3.39. The molecule has 1 aliphatic carbocycles. The fraction of sp³-hybridized carbons (Fsp3) is 0.474. The van der Waals surface area contributed by atoms with E-state index in [9.17, 15) is 4.79 Å². The van der Waals surface area contributed by atoms with Gasteiger partial charge in [0.05, 0.1) is 6.61 Å². The molecule has 0 bridgehead atoms. The highest BCUT2D eigenvalue weighted by atomic mass is 16.5. The van der Waals surface area contributed by atoms with Gasteiger partial charge in [0, 0.05) is 37.2 Å². The van der Waals surface area contributed by atoms with Crippen molar-refractivity contribution < 1.29 is 19.2 Å². The number of benzene rings is 1. The van der Waals surface area contributed by atoms with Crippen LogP contribution in [0, 0.1) is 0 Å². The number of rotatable bonds is 7. The molecule has 2 aromatic rings. The molecule has 0 saturated heterocycles. The monoisotopic (exact) mass is 342 g/mol. The van der Waals surface area contributed by atoms with E-state index >= 15 is 0 Å². The molecule has 6 nitrogen and oxygen atoms in total. The van der Waals surface area contributed by atoms with E-state index in [2.05, 4.69) is 5.16 Å². The van der Waals surface area contributed by atoms with Gasteiger partial charge in [-0.05, 0) is 49.4 Å². The van der Waals surface area contributed by atoms with Crippen LogP contribution < -0.4 is 4.74 Å². The Labute approximate surface area is 146 Å². The highest BCUT2D eigenvalue weighted by molar-refractivity contribution is 5.92. The van der Waals surface area contributed by atoms with Gasteiger partial charge in [0.15, 0.2) is 0 Å². The van der Waals surface area contributed by atoms with E-state index in [1.54, 1.807) is 6.07 Å². The molecule has 0 spiro atoms. The second-order valence-corrected chi connectivity index (χ2v) is 6.66. The Hall–Kier alpha value is -2.34. The Bertz CT molecular complexity index is 767. The molecule has 4 rings (SSSR count). The summed E-state index contributed by atoms with van der Waals surface area (Å²) in [5.74, 6) is 1.10. The van der Waals surface area contributed by atoms with Gasteiger partial charge in [0.25, 0.3) is 5.91 Å². The maximum absolute atomic E-state index is 12.8. The van der Waals surface area contributed by atoms with Gasteiger partial charge in [-0.2, -0.15) is 0 Å². The van der Waals surface area contributed by atoms with Crippen LogP contribution in [0.4, 0.5) is 0 Å². The molecule has 6 heteroatoms. The Morgan fingerprint density at radius 3 is 2.96 bits per heavy atom. The number of carbonyl (C=O) groups is 1. The number of carbonyl (C=O) groups excluding carboxylic acids is 1. The lowest BCUT2D eigenvalue weighted by Gasteiger charge is -2.20. The van der Waals surface area contributed by atoms with Gasteiger partial charge in [-0.25, -0.2) is 0 Å². The average Bonchev–Trinajstić information content (AvgIpc) is 3.16. The molecule has 0 radical (unpaired) electrons. The zero-order valence-electron chi connectivity index (χ0n) is 14.1. The van der Waals surface area contributed by atoms with Crippen LogP contribution >= 0.6 is 0 Å². The van der Waals surface area contributed by atoms with Crippen LogP contribution in [-0.4, -0.2) is 46.9 Å². The van der Waals surface area contributed by atoms with Crippen molar-refractivity contribution in [1.29, 1.82) is 0 Å². The summed E-state index contributed by atoms with van der Waals surface area (Å²) in [5, 5.41) is 13.0. The number of nitrogens with zero attached hydrogens (tertiary/aromatic N) is 2. The van der Waals surface area contributed by atoms with Gasteiger partial charge in [0.1, 0.15) is 11.4 Å². The van der Waals surface area contributed by atoms with E-state index < -0.39 is 0 Å². The van der Waals surface area contributed by atoms with Crippen molar-refractivity contribution in [3.8, 4) is 17.0 Å². The summed E-state index contributed by atoms with van der Waals surface area (Å²) >= 11 is 0. The number of fused-ring (bicyclic) bond motifs is 1.